The fourth-order valence-electron chi connectivity index (χ4n) is 3.15. The first kappa shape index (κ1) is 18.8. The van der Waals surface area contributed by atoms with Crippen LogP contribution in [0.1, 0.15) is 11.4 Å². The zero-order chi connectivity index (χ0) is 20.4. The van der Waals surface area contributed by atoms with Gasteiger partial charge in [0.2, 0.25) is 0 Å². The van der Waals surface area contributed by atoms with E-state index in [-0.39, 0.29) is 11.5 Å². The van der Waals surface area contributed by atoms with Crippen molar-refractivity contribution in [3.05, 3.63) is 77.5 Å². The molecule has 0 saturated heterocycles. The van der Waals surface area contributed by atoms with Crippen LogP contribution in [0.5, 0.6) is 0 Å². The number of hydrogen-bond donors (Lipinski definition) is 3. The Labute approximate surface area is 165 Å². The van der Waals surface area contributed by atoms with Crippen molar-refractivity contribution in [1.29, 1.82) is 0 Å². The van der Waals surface area contributed by atoms with Gasteiger partial charge < -0.3 is 15.6 Å². The minimum Gasteiger partial charge on any atom is -0.370 e. The quantitative estimate of drug-likeness (QED) is 0.397. The van der Waals surface area contributed by atoms with Crippen LogP contribution in [0.4, 0.5) is 30.5 Å². The maximum absolute atomic E-state index is 13.9. The van der Waals surface area contributed by atoms with Gasteiger partial charge in [-0.25, -0.2) is 23.1 Å². The Kier molecular flexibility index (Phi) is 5.07. The van der Waals surface area contributed by atoms with Gasteiger partial charge in [0.15, 0.2) is 17.5 Å². The number of rotatable bonds is 6. The third-order valence-electron chi connectivity index (χ3n) is 4.51. The molecule has 3 N–H and O–H groups in total. The molecule has 0 unspecified atom stereocenters. The lowest BCUT2D eigenvalue weighted by Gasteiger charge is -2.11. The van der Waals surface area contributed by atoms with E-state index < -0.39 is 17.5 Å². The molecule has 4 aromatic rings. The molecular weight excluding hydrogens is 379 g/mol. The van der Waals surface area contributed by atoms with Gasteiger partial charge in [-0.05, 0) is 37.1 Å². The number of aromatic nitrogens is 3. The van der Waals surface area contributed by atoms with Crippen LogP contribution in [-0.2, 0) is 6.42 Å². The molecule has 29 heavy (non-hydrogen) atoms. The van der Waals surface area contributed by atoms with Gasteiger partial charge in [0.1, 0.15) is 17.5 Å². The van der Waals surface area contributed by atoms with Gasteiger partial charge in [-0.1, -0.05) is 18.2 Å². The monoisotopic (exact) mass is 397 g/mol. The number of para-hydroxylation sites is 1. The zero-order valence-electron chi connectivity index (χ0n) is 15.6. The van der Waals surface area contributed by atoms with E-state index in [1.54, 1.807) is 13.0 Å². The molecule has 0 bridgehead atoms. The van der Waals surface area contributed by atoms with Crippen LogP contribution < -0.4 is 10.6 Å². The number of aryl methyl sites for hydroxylation is 1. The number of hydrogen-bond acceptors (Lipinski definition) is 4. The summed E-state index contributed by atoms with van der Waals surface area (Å²) < 4.78 is 40.4. The van der Waals surface area contributed by atoms with Crippen LogP contribution in [0.2, 0.25) is 0 Å². The number of aromatic amines is 1. The summed E-state index contributed by atoms with van der Waals surface area (Å²) in [7, 11) is 0. The highest BCUT2D eigenvalue weighted by molar-refractivity contribution is 5.83. The summed E-state index contributed by atoms with van der Waals surface area (Å²) in [6.45, 7) is 2.31. The van der Waals surface area contributed by atoms with Gasteiger partial charge in [0, 0.05) is 29.7 Å². The lowest BCUT2D eigenvalue weighted by Crippen LogP contribution is -2.09. The van der Waals surface area contributed by atoms with Crippen LogP contribution in [0.25, 0.3) is 10.9 Å². The highest BCUT2D eigenvalue weighted by Gasteiger charge is 2.14. The fraction of sp³-hybridized carbons (Fsp3) is 0.143. The lowest BCUT2D eigenvalue weighted by atomic mass is 10.1. The molecule has 0 aliphatic carbocycles. The Morgan fingerprint density at radius 1 is 0.966 bits per heavy atom. The number of benzene rings is 2. The first-order valence-electron chi connectivity index (χ1n) is 9.06. The maximum atomic E-state index is 13.9. The molecule has 4 rings (SSSR count). The Bertz CT molecular complexity index is 1170. The average Bonchev–Trinajstić information content (AvgIpc) is 3.11. The first-order chi connectivity index (χ1) is 14.0. The normalized spacial score (nSPS) is 11.0. The second-order valence-corrected chi connectivity index (χ2v) is 6.57. The molecule has 8 heteroatoms. The first-order valence-corrected chi connectivity index (χ1v) is 9.06. The van der Waals surface area contributed by atoms with Crippen molar-refractivity contribution in [3.63, 3.8) is 0 Å². The fourth-order valence-corrected chi connectivity index (χ4v) is 3.15. The van der Waals surface area contributed by atoms with E-state index in [0.717, 1.165) is 24.1 Å². The summed E-state index contributed by atoms with van der Waals surface area (Å²) in [5.41, 5.74) is 2.06. The lowest BCUT2D eigenvalue weighted by molar-refractivity contribution is 0.449. The van der Waals surface area contributed by atoms with Crippen molar-refractivity contribution in [3.8, 4) is 0 Å². The molecule has 2 aromatic carbocycles. The van der Waals surface area contributed by atoms with Crippen LogP contribution in [-0.4, -0.2) is 21.5 Å². The predicted octanol–water partition coefficient (Wildman–Crippen LogP) is 5.08. The largest absolute Gasteiger partial charge is 0.370 e. The smallest absolute Gasteiger partial charge is 0.196 e. The van der Waals surface area contributed by atoms with Crippen LogP contribution in [0.15, 0.2) is 48.7 Å². The van der Waals surface area contributed by atoms with Crippen molar-refractivity contribution in [1.82, 2.24) is 15.0 Å². The van der Waals surface area contributed by atoms with Gasteiger partial charge in [0.25, 0.3) is 0 Å². The van der Waals surface area contributed by atoms with E-state index in [9.17, 15) is 13.2 Å². The van der Waals surface area contributed by atoms with Gasteiger partial charge in [-0.15, -0.1) is 0 Å². The predicted molar refractivity (Wildman–Crippen MR) is 107 cm³/mol. The van der Waals surface area contributed by atoms with Crippen molar-refractivity contribution < 1.29 is 13.2 Å². The Hall–Kier alpha value is -3.55. The van der Waals surface area contributed by atoms with Crippen LogP contribution >= 0.6 is 0 Å². The highest BCUT2D eigenvalue weighted by atomic mass is 19.2. The second-order valence-electron chi connectivity index (χ2n) is 6.57. The van der Waals surface area contributed by atoms with Crippen molar-refractivity contribution >= 4 is 28.2 Å². The minimum absolute atomic E-state index is 0.202. The molecule has 148 valence electrons. The number of nitrogens with one attached hydrogen (secondary N) is 3. The third kappa shape index (κ3) is 4.01. The summed E-state index contributed by atoms with van der Waals surface area (Å²) in [5, 5.41) is 7.06. The number of fused-ring (bicyclic) bond motifs is 1. The van der Waals surface area contributed by atoms with E-state index in [4.69, 9.17) is 0 Å². The van der Waals surface area contributed by atoms with Crippen molar-refractivity contribution in [2.24, 2.45) is 0 Å². The molecule has 2 heterocycles. The second kappa shape index (κ2) is 7.83. The van der Waals surface area contributed by atoms with Gasteiger partial charge >= 0.3 is 0 Å². The molecule has 0 radical (unpaired) electrons. The molecular formula is C21H18F3N5. The summed E-state index contributed by atoms with van der Waals surface area (Å²) in [5.74, 6) is -2.80. The van der Waals surface area contributed by atoms with Crippen molar-refractivity contribution in [2.45, 2.75) is 13.3 Å². The maximum Gasteiger partial charge on any atom is 0.196 e. The summed E-state index contributed by atoms with van der Waals surface area (Å²) in [6, 6.07) is 11.6. The number of halogens is 3. The Balaban J connectivity index is 1.46. The molecule has 2 aromatic heterocycles. The van der Waals surface area contributed by atoms with Gasteiger partial charge in [-0.3, -0.25) is 0 Å². The SMILES string of the molecule is Cc1nc(NCCc2c[nH]c3ccccc23)cc(Nc2ccc(F)c(F)c2F)n1. The summed E-state index contributed by atoms with van der Waals surface area (Å²) in [4.78, 5) is 11.7. The minimum atomic E-state index is -1.53. The molecule has 0 fully saturated rings. The van der Waals surface area contributed by atoms with E-state index in [1.807, 2.05) is 24.4 Å². The van der Waals surface area contributed by atoms with Gasteiger partial charge in [-0.2, -0.15) is 0 Å². The molecule has 0 amide bonds. The van der Waals surface area contributed by atoms with Gasteiger partial charge in [0.05, 0.1) is 5.69 Å². The number of anilines is 3. The Morgan fingerprint density at radius 2 is 1.76 bits per heavy atom. The van der Waals surface area contributed by atoms with Crippen molar-refractivity contribution in [2.75, 3.05) is 17.2 Å². The topological polar surface area (TPSA) is 65.6 Å². The zero-order valence-corrected chi connectivity index (χ0v) is 15.6. The number of nitrogens with zero attached hydrogens (tertiary/aromatic N) is 2. The Morgan fingerprint density at radius 3 is 2.62 bits per heavy atom. The molecule has 0 aliphatic rings. The average molecular weight is 397 g/mol. The standard InChI is InChI=1S/C21H18F3N5/c1-12-27-18(25-9-8-13-11-26-16-5-3-2-4-14(13)16)10-19(28-12)29-17-7-6-15(22)20(23)21(17)24/h2-7,10-11,26H,8-9H2,1H3,(H2,25,27,28,29). The third-order valence-corrected chi connectivity index (χ3v) is 4.51. The van der Waals surface area contributed by atoms with Crippen LogP contribution in [0, 0.1) is 24.4 Å². The number of H-pyrrole nitrogens is 1. The molecule has 5 nitrogen and oxygen atoms in total. The van der Waals surface area contributed by atoms with E-state index in [2.05, 4.69) is 31.7 Å². The highest BCUT2D eigenvalue weighted by Crippen LogP contribution is 2.24. The van der Waals surface area contributed by atoms with E-state index >= 15 is 0 Å². The van der Waals surface area contributed by atoms with E-state index in [0.29, 0.717) is 18.2 Å². The van der Waals surface area contributed by atoms with Crippen LogP contribution in [0.3, 0.4) is 0 Å². The molecule has 0 spiro atoms. The molecule has 0 aliphatic heterocycles. The molecule has 0 atom stereocenters. The van der Waals surface area contributed by atoms with E-state index in [1.165, 1.54) is 10.9 Å². The molecule has 0 saturated carbocycles. The summed E-state index contributed by atoms with van der Waals surface area (Å²) >= 11 is 0. The summed E-state index contributed by atoms with van der Waals surface area (Å²) in [6.07, 6.45) is 2.75.